The van der Waals surface area contributed by atoms with Crippen molar-refractivity contribution in [1.29, 1.82) is 0 Å². The van der Waals surface area contributed by atoms with Gasteiger partial charge in [0.15, 0.2) is 5.16 Å². The van der Waals surface area contributed by atoms with Gasteiger partial charge in [0.2, 0.25) is 0 Å². The number of benzene rings is 1. The van der Waals surface area contributed by atoms with Crippen molar-refractivity contribution < 1.29 is 0 Å². The summed E-state index contributed by atoms with van der Waals surface area (Å²) in [6, 6.07) is 12.3. The van der Waals surface area contributed by atoms with Gasteiger partial charge < -0.3 is 0 Å². The Morgan fingerprint density at radius 2 is 2.05 bits per heavy atom. The second-order valence-electron chi connectivity index (χ2n) is 5.35. The van der Waals surface area contributed by atoms with Crippen molar-refractivity contribution in [3.63, 3.8) is 0 Å². The van der Waals surface area contributed by atoms with Crippen molar-refractivity contribution in [3.05, 3.63) is 57.7 Å². The van der Waals surface area contributed by atoms with Gasteiger partial charge in [0.1, 0.15) is 4.83 Å². The molecule has 0 aliphatic rings. The third kappa shape index (κ3) is 3.25. The molecule has 3 nitrogen and oxygen atoms in total. The normalized spacial score (nSPS) is 12.6. The van der Waals surface area contributed by atoms with Gasteiger partial charge in [-0.15, -0.1) is 11.3 Å². The van der Waals surface area contributed by atoms with Gasteiger partial charge in [0.25, 0.3) is 5.56 Å². The van der Waals surface area contributed by atoms with Crippen LogP contribution in [0.5, 0.6) is 0 Å². The van der Waals surface area contributed by atoms with E-state index in [0.29, 0.717) is 10.6 Å². The van der Waals surface area contributed by atoms with Crippen molar-refractivity contribution >= 4 is 33.3 Å². The maximum absolute atomic E-state index is 12.3. The summed E-state index contributed by atoms with van der Waals surface area (Å²) in [6.07, 6.45) is 2.11. The zero-order valence-electron chi connectivity index (χ0n) is 12.7. The molecule has 0 saturated carbocycles. The molecule has 0 fully saturated rings. The van der Waals surface area contributed by atoms with Gasteiger partial charge in [-0.05, 0) is 29.9 Å². The number of fused-ring (bicyclic) bond motifs is 1. The van der Waals surface area contributed by atoms with Crippen molar-refractivity contribution in [2.45, 2.75) is 30.2 Å². The van der Waals surface area contributed by atoms with Gasteiger partial charge in [-0.25, -0.2) is 4.98 Å². The summed E-state index contributed by atoms with van der Waals surface area (Å²) in [5.74, 6) is 0. The molecule has 1 aromatic carbocycles. The lowest BCUT2D eigenvalue weighted by atomic mass is 10.1. The summed E-state index contributed by atoms with van der Waals surface area (Å²) >= 11 is 3.20. The monoisotopic (exact) mass is 330 g/mol. The fourth-order valence-electron chi connectivity index (χ4n) is 2.34. The molecule has 5 heteroatoms. The highest BCUT2D eigenvalue weighted by Gasteiger charge is 2.13. The van der Waals surface area contributed by atoms with E-state index in [4.69, 9.17) is 0 Å². The van der Waals surface area contributed by atoms with Crippen LogP contribution in [0.4, 0.5) is 0 Å². The molecule has 0 radical (unpaired) electrons. The van der Waals surface area contributed by atoms with E-state index in [9.17, 15) is 4.79 Å². The number of hydrogen-bond donors (Lipinski definition) is 0. The molecule has 0 amide bonds. The van der Waals surface area contributed by atoms with Crippen LogP contribution in [-0.2, 0) is 13.5 Å². The van der Waals surface area contributed by atoms with Crippen LogP contribution in [0.15, 0.2) is 51.7 Å². The Morgan fingerprint density at radius 1 is 1.27 bits per heavy atom. The Morgan fingerprint density at radius 3 is 2.82 bits per heavy atom. The van der Waals surface area contributed by atoms with Crippen LogP contribution in [0.1, 0.15) is 18.9 Å². The van der Waals surface area contributed by atoms with Crippen LogP contribution in [0.3, 0.4) is 0 Å². The predicted octanol–water partition coefficient (Wildman–Crippen LogP) is 4.11. The van der Waals surface area contributed by atoms with Gasteiger partial charge >= 0.3 is 0 Å². The lowest BCUT2D eigenvalue weighted by molar-refractivity contribution is 0.719. The zero-order valence-corrected chi connectivity index (χ0v) is 14.3. The summed E-state index contributed by atoms with van der Waals surface area (Å²) in [5, 5.41) is 3.86. The smallest absolute Gasteiger partial charge is 0.262 e. The van der Waals surface area contributed by atoms with E-state index in [-0.39, 0.29) is 5.56 Å². The number of hydrogen-bond acceptors (Lipinski definition) is 4. The molecular formula is C17H18N2OS2. The lowest BCUT2D eigenvalue weighted by Crippen LogP contribution is -2.20. The zero-order chi connectivity index (χ0) is 15.5. The molecule has 22 heavy (non-hydrogen) atoms. The second kappa shape index (κ2) is 6.67. The quantitative estimate of drug-likeness (QED) is 0.522. The highest BCUT2D eigenvalue weighted by atomic mass is 32.2. The minimum absolute atomic E-state index is 0.0454. The maximum atomic E-state index is 12.3. The summed E-state index contributed by atoms with van der Waals surface area (Å²) < 4.78 is 1.67. The van der Waals surface area contributed by atoms with Gasteiger partial charge in [-0.3, -0.25) is 9.36 Å². The fraction of sp³-hybridized carbons (Fsp3) is 0.294. The fourth-order valence-corrected chi connectivity index (χ4v) is 4.13. The van der Waals surface area contributed by atoms with Crippen LogP contribution < -0.4 is 5.56 Å². The van der Waals surface area contributed by atoms with E-state index >= 15 is 0 Å². The van der Waals surface area contributed by atoms with Crippen LogP contribution in [0.25, 0.3) is 10.2 Å². The summed E-state index contributed by atoms with van der Waals surface area (Å²) in [7, 11) is 1.80. The minimum atomic E-state index is 0.0454. The summed E-state index contributed by atoms with van der Waals surface area (Å²) in [5.41, 5.74) is 1.40. The van der Waals surface area contributed by atoms with Crippen LogP contribution in [0, 0.1) is 0 Å². The Kier molecular flexibility index (Phi) is 4.64. The average molecular weight is 330 g/mol. The van der Waals surface area contributed by atoms with E-state index in [0.717, 1.165) is 22.8 Å². The van der Waals surface area contributed by atoms with E-state index in [1.807, 2.05) is 17.5 Å². The minimum Gasteiger partial charge on any atom is -0.290 e. The molecule has 114 valence electrons. The standard InChI is InChI=1S/C17H18N2OS2/c1-12(8-9-13-6-4-3-5-7-13)22-17-18-15-14(10-11-21-15)16(20)19(17)2/h3-7,10-12H,8-9H2,1-2H3. The van der Waals surface area contributed by atoms with Crippen LogP contribution >= 0.6 is 23.1 Å². The first-order chi connectivity index (χ1) is 10.6. The number of thiophene rings is 1. The molecular weight excluding hydrogens is 312 g/mol. The molecule has 3 aromatic rings. The number of rotatable bonds is 5. The first-order valence-electron chi connectivity index (χ1n) is 7.30. The maximum Gasteiger partial charge on any atom is 0.262 e. The van der Waals surface area contributed by atoms with Gasteiger partial charge in [0.05, 0.1) is 5.39 Å². The van der Waals surface area contributed by atoms with Gasteiger partial charge in [0, 0.05) is 12.3 Å². The Labute approximate surface area is 138 Å². The third-order valence-electron chi connectivity index (χ3n) is 3.65. The van der Waals surface area contributed by atoms with E-state index in [1.54, 1.807) is 23.4 Å². The molecule has 2 heterocycles. The first kappa shape index (κ1) is 15.3. The van der Waals surface area contributed by atoms with Crippen molar-refractivity contribution in [2.24, 2.45) is 7.05 Å². The molecule has 0 N–H and O–H groups in total. The van der Waals surface area contributed by atoms with E-state index < -0.39 is 0 Å². The summed E-state index contributed by atoms with van der Waals surface area (Å²) in [4.78, 5) is 17.8. The lowest BCUT2D eigenvalue weighted by Gasteiger charge is -2.13. The van der Waals surface area contributed by atoms with Crippen molar-refractivity contribution in [3.8, 4) is 0 Å². The largest absolute Gasteiger partial charge is 0.290 e. The highest BCUT2D eigenvalue weighted by Crippen LogP contribution is 2.26. The van der Waals surface area contributed by atoms with Crippen molar-refractivity contribution in [2.75, 3.05) is 0 Å². The van der Waals surface area contributed by atoms with Crippen LogP contribution in [-0.4, -0.2) is 14.8 Å². The molecule has 0 aliphatic carbocycles. The molecule has 0 saturated heterocycles. The number of nitrogens with zero attached hydrogens (tertiary/aromatic N) is 2. The van der Waals surface area contributed by atoms with E-state index in [2.05, 4.69) is 36.2 Å². The van der Waals surface area contributed by atoms with Gasteiger partial charge in [-0.2, -0.15) is 0 Å². The number of thioether (sulfide) groups is 1. The molecule has 1 atom stereocenters. The third-order valence-corrected chi connectivity index (χ3v) is 5.67. The topological polar surface area (TPSA) is 34.9 Å². The second-order valence-corrected chi connectivity index (χ2v) is 7.65. The summed E-state index contributed by atoms with van der Waals surface area (Å²) in [6.45, 7) is 2.19. The van der Waals surface area contributed by atoms with Gasteiger partial charge in [-0.1, -0.05) is 49.0 Å². The molecule has 1 unspecified atom stereocenters. The van der Waals surface area contributed by atoms with E-state index in [1.165, 1.54) is 16.9 Å². The molecule has 3 rings (SSSR count). The molecule has 0 bridgehead atoms. The SMILES string of the molecule is CC(CCc1ccccc1)Sc1nc2sccc2c(=O)n1C. The highest BCUT2D eigenvalue weighted by molar-refractivity contribution is 7.99. The molecule has 0 spiro atoms. The first-order valence-corrected chi connectivity index (χ1v) is 9.06. The molecule has 2 aromatic heterocycles. The number of aromatic nitrogens is 2. The Hall–Kier alpha value is -1.59. The molecule has 0 aliphatic heterocycles. The predicted molar refractivity (Wildman–Crippen MR) is 94.9 cm³/mol. The van der Waals surface area contributed by atoms with Crippen molar-refractivity contribution in [1.82, 2.24) is 9.55 Å². The Balaban J connectivity index is 1.72. The number of aryl methyl sites for hydroxylation is 1. The van der Waals surface area contributed by atoms with Crippen LogP contribution in [0.2, 0.25) is 0 Å². The Bertz CT molecular complexity index is 824. The average Bonchev–Trinajstić information content (AvgIpc) is 3.00.